The summed E-state index contributed by atoms with van der Waals surface area (Å²) in [6.07, 6.45) is 5.79. The van der Waals surface area contributed by atoms with Crippen molar-refractivity contribution < 1.29 is 8.98 Å². The number of hydrogen-bond donors (Lipinski definition) is 0. The molecule has 6 rings (SSSR count). The van der Waals surface area contributed by atoms with Gasteiger partial charge in [-0.1, -0.05) is 83.5 Å². The van der Waals surface area contributed by atoms with Crippen LogP contribution in [0.2, 0.25) is 0 Å². The molecule has 0 fully saturated rings. The molecule has 4 aromatic rings. The van der Waals surface area contributed by atoms with Gasteiger partial charge < -0.3 is 4.42 Å². The number of rotatable bonds is 2. The lowest BCUT2D eigenvalue weighted by molar-refractivity contribution is -0.660. The van der Waals surface area contributed by atoms with Crippen LogP contribution in [0, 0.1) is 23.2 Å². The third kappa shape index (κ3) is 2.98. The Morgan fingerprint density at radius 1 is 0.800 bits per heavy atom. The van der Waals surface area contributed by atoms with E-state index < -0.39 is 0 Å². The number of fused-ring (bicyclic) bond motifs is 3. The summed E-state index contributed by atoms with van der Waals surface area (Å²) in [5.41, 5.74) is 11.6. The molecule has 0 bridgehead atoms. The van der Waals surface area contributed by atoms with Gasteiger partial charge in [0.25, 0.3) is 0 Å². The van der Waals surface area contributed by atoms with Crippen LogP contribution in [0.15, 0.2) is 76.4 Å². The summed E-state index contributed by atoms with van der Waals surface area (Å²) in [5.74, 6) is 0. The maximum atomic E-state index is 6.86. The molecule has 2 heterocycles. The predicted octanol–water partition coefficient (Wildman–Crippen LogP) is 8.56. The zero-order chi connectivity index (χ0) is 24.9. The molecule has 2 heteroatoms. The molecule has 2 aromatic carbocycles. The zero-order valence-electron chi connectivity index (χ0n) is 22.3. The smallest absolute Gasteiger partial charge is 0.216 e. The van der Waals surface area contributed by atoms with Gasteiger partial charge in [0.15, 0.2) is 6.20 Å². The number of nitrogens with zero attached hydrogens (tertiary/aromatic N) is 1. The summed E-state index contributed by atoms with van der Waals surface area (Å²) in [6.45, 7) is 16.7. The SMILES string of the molecule is Cc1ccc2c(oc3c(C4=CC5=C(C(C)(C)CC5(C)C)C4(C)C)cccc32)c1-c1cccc[n+]1C. The summed E-state index contributed by atoms with van der Waals surface area (Å²) in [6, 6.07) is 17.5. The Bertz CT molecular complexity index is 1600. The van der Waals surface area contributed by atoms with E-state index in [-0.39, 0.29) is 16.2 Å². The van der Waals surface area contributed by atoms with E-state index in [2.05, 4.69) is 121 Å². The first-order valence-electron chi connectivity index (χ1n) is 12.8. The number of benzene rings is 2. The Morgan fingerprint density at radius 2 is 1.54 bits per heavy atom. The molecule has 0 aliphatic heterocycles. The minimum Gasteiger partial charge on any atom is -0.455 e. The first-order valence-corrected chi connectivity index (χ1v) is 12.8. The van der Waals surface area contributed by atoms with Crippen molar-refractivity contribution in [2.45, 2.75) is 54.9 Å². The van der Waals surface area contributed by atoms with Crippen LogP contribution in [0.1, 0.15) is 59.1 Å². The van der Waals surface area contributed by atoms with Crippen LogP contribution in [0.5, 0.6) is 0 Å². The van der Waals surface area contributed by atoms with Gasteiger partial charge in [-0.15, -0.1) is 0 Å². The lowest BCUT2D eigenvalue weighted by Crippen LogP contribution is -2.30. The summed E-state index contributed by atoms with van der Waals surface area (Å²) in [7, 11) is 2.10. The van der Waals surface area contributed by atoms with Crippen LogP contribution in [0.3, 0.4) is 0 Å². The maximum Gasteiger partial charge on any atom is 0.216 e. The van der Waals surface area contributed by atoms with E-state index in [1.165, 1.54) is 50.7 Å². The van der Waals surface area contributed by atoms with Gasteiger partial charge in [-0.3, -0.25) is 0 Å². The van der Waals surface area contributed by atoms with Gasteiger partial charge in [0, 0.05) is 33.9 Å². The topological polar surface area (TPSA) is 17.0 Å². The van der Waals surface area contributed by atoms with Crippen molar-refractivity contribution >= 4 is 27.5 Å². The molecular weight excluding hydrogens is 426 g/mol. The summed E-state index contributed by atoms with van der Waals surface area (Å²) >= 11 is 0. The summed E-state index contributed by atoms with van der Waals surface area (Å²) in [5, 5.41) is 2.38. The minimum absolute atomic E-state index is 0.0372. The zero-order valence-corrected chi connectivity index (χ0v) is 22.3. The molecule has 0 unspecified atom stereocenters. The number of aromatic nitrogens is 1. The Morgan fingerprint density at radius 3 is 2.26 bits per heavy atom. The average molecular weight is 463 g/mol. The van der Waals surface area contributed by atoms with Gasteiger partial charge in [0.05, 0.1) is 5.56 Å². The van der Waals surface area contributed by atoms with E-state index in [4.69, 9.17) is 4.42 Å². The number of hydrogen-bond acceptors (Lipinski definition) is 1. The molecule has 0 saturated heterocycles. The number of allylic oxidation sites excluding steroid dienone is 4. The first-order chi connectivity index (χ1) is 16.4. The van der Waals surface area contributed by atoms with Crippen molar-refractivity contribution in [2.24, 2.45) is 23.3 Å². The highest BCUT2D eigenvalue weighted by molar-refractivity contribution is 6.12. The Balaban J connectivity index is 1.62. The number of para-hydroxylation sites is 1. The second kappa shape index (κ2) is 6.97. The van der Waals surface area contributed by atoms with Gasteiger partial charge in [-0.2, -0.15) is 0 Å². The molecule has 0 N–H and O–H groups in total. The molecule has 2 nitrogen and oxygen atoms in total. The van der Waals surface area contributed by atoms with Crippen molar-refractivity contribution in [1.29, 1.82) is 0 Å². The fourth-order valence-electron chi connectivity index (χ4n) is 7.59. The monoisotopic (exact) mass is 462 g/mol. The fourth-order valence-corrected chi connectivity index (χ4v) is 7.59. The second-order valence-corrected chi connectivity index (χ2v) is 12.5. The minimum atomic E-state index is -0.0372. The molecule has 0 amide bonds. The van der Waals surface area contributed by atoms with Crippen molar-refractivity contribution in [3.05, 3.63) is 83.1 Å². The van der Waals surface area contributed by atoms with Crippen LogP contribution in [-0.2, 0) is 7.05 Å². The van der Waals surface area contributed by atoms with E-state index in [1.54, 1.807) is 5.57 Å². The Hall–Kier alpha value is -3.13. The van der Waals surface area contributed by atoms with Crippen molar-refractivity contribution in [3.8, 4) is 11.3 Å². The van der Waals surface area contributed by atoms with Crippen LogP contribution >= 0.6 is 0 Å². The normalized spacial score (nSPS) is 20.1. The molecule has 0 spiro atoms. The summed E-state index contributed by atoms with van der Waals surface area (Å²) in [4.78, 5) is 0. The lowest BCUT2D eigenvalue weighted by atomic mass is 9.67. The van der Waals surface area contributed by atoms with Gasteiger partial charge in [0.2, 0.25) is 5.69 Å². The standard InChI is InChI=1S/C33H36NO/c1-20-15-16-22-21-12-11-13-23(28(21)35-29(22)27(20)26-14-9-10-17-34(26)8)24-18-25-30(33(24,6)7)32(4,5)19-31(25,2)3/h9-18H,19H2,1-8H3/q+1. The molecule has 2 aromatic heterocycles. The largest absolute Gasteiger partial charge is 0.455 e. The van der Waals surface area contributed by atoms with Crippen LogP contribution in [-0.4, -0.2) is 0 Å². The van der Waals surface area contributed by atoms with Crippen LogP contribution in [0.4, 0.5) is 0 Å². The van der Waals surface area contributed by atoms with E-state index in [0.717, 1.165) is 11.2 Å². The Labute approximate surface area is 209 Å². The highest BCUT2D eigenvalue weighted by Crippen LogP contribution is 2.65. The highest BCUT2D eigenvalue weighted by atomic mass is 16.3. The highest BCUT2D eigenvalue weighted by Gasteiger charge is 2.52. The van der Waals surface area contributed by atoms with Gasteiger partial charge in [-0.05, 0) is 47.0 Å². The third-order valence-electron chi connectivity index (χ3n) is 8.62. The predicted molar refractivity (Wildman–Crippen MR) is 146 cm³/mol. The van der Waals surface area contributed by atoms with Crippen LogP contribution in [0.25, 0.3) is 38.8 Å². The maximum absolute atomic E-state index is 6.86. The van der Waals surface area contributed by atoms with Crippen molar-refractivity contribution in [2.75, 3.05) is 0 Å². The van der Waals surface area contributed by atoms with Crippen LogP contribution < -0.4 is 4.57 Å². The molecular formula is C33H36NO+. The molecule has 2 aliphatic rings. The van der Waals surface area contributed by atoms with E-state index in [0.29, 0.717) is 0 Å². The van der Waals surface area contributed by atoms with Gasteiger partial charge >= 0.3 is 0 Å². The first kappa shape index (κ1) is 22.3. The fraction of sp³-hybridized carbons (Fsp3) is 0.364. The molecule has 2 aliphatic carbocycles. The molecule has 0 radical (unpaired) electrons. The average Bonchev–Trinajstić information content (AvgIpc) is 3.34. The van der Waals surface area contributed by atoms with Crippen molar-refractivity contribution in [1.82, 2.24) is 0 Å². The summed E-state index contributed by atoms with van der Waals surface area (Å²) < 4.78 is 9.04. The van der Waals surface area contributed by atoms with Gasteiger partial charge in [-0.25, -0.2) is 4.57 Å². The molecule has 178 valence electrons. The van der Waals surface area contributed by atoms with E-state index >= 15 is 0 Å². The van der Waals surface area contributed by atoms with Gasteiger partial charge in [0.1, 0.15) is 18.2 Å². The molecule has 0 saturated carbocycles. The lowest BCUT2D eigenvalue weighted by Gasteiger charge is -2.36. The van der Waals surface area contributed by atoms with E-state index in [9.17, 15) is 0 Å². The number of furan rings is 1. The third-order valence-corrected chi connectivity index (χ3v) is 8.62. The van der Waals surface area contributed by atoms with Crippen molar-refractivity contribution in [3.63, 3.8) is 0 Å². The molecule has 35 heavy (non-hydrogen) atoms. The second-order valence-electron chi connectivity index (χ2n) is 12.5. The van der Waals surface area contributed by atoms with E-state index in [1.807, 2.05) is 0 Å². The number of aryl methyl sites for hydroxylation is 2. The Kier molecular flexibility index (Phi) is 4.45. The molecule has 0 atom stereocenters. The number of pyridine rings is 1. The quantitative estimate of drug-likeness (QED) is 0.273.